The number of nitrogens with one attached hydrogen (secondary N) is 2. The van der Waals surface area contributed by atoms with Crippen LogP contribution < -0.4 is 5.32 Å². The molecule has 0 saturated heterocycles. The minimum atomic E-state index is -0.894. The summed E-state index contributed by atoms with van der Waals surface area (Å²) in [6, 6.07) is 13.1. The van der Waals surface area contributed by atoms with E-state index in [1.54, 1.807) is 0 Å². The van der Waals surface area contributed by atoms with Gasteiger partial charge in [-0.3, -0.25) is 9.89 Å². The Hall–Kier alpha value is -3.68. The largest absolute Gasteiger partial charge is 0.507 e. The lowest BCUT2D eigenvalue weighted by Gasteiger charge is -2.16. The van der Waals surface area contributed by atoms with Crippen molar-refractivity contribution in [2.24, 2.45) is 0 Å². The summed E-state index contributed by atoms with van der Waals surface area (Å²) in [5.74, 6) is -1.88. The monoisotopic (exact) mass is 383 g/mol. The molecule has 1 unspecified atom stereocenters. The summed E-state index contributed by atoms with van der Waals surface area (Å²) >= 11 is 0. The lowest BCUT2D eigenvalue weighted by molar-refractivity contribution is -0.142. The number of ether oxygens (including phenoxy) is 1. The zero-order valence-electron chi connectivity index (χ0n) is 15.0. The number of phenols is 1. The third-order valence-electron chi connectivity index (χ3n) is 4.13. The van der Waals surface area contributed by atoms with Gasteiger partial charge in [0, 0.05) is 12.0 Å². The van der Waals surface area contributed by atoms with E-state index in [2.05, 4.69) is 15.5 Å². The number of nitrogens with zero attached hydrogens (tertiary/aromatic N) is 1. The number of methoxy groups -OCH3 is 1. The predicted octanol–water partition coefficient (Wildman–Crippen LogP) is 2.44. The van der Waals surface area contributed by atoms with E-state index in [1.165, 1.54) is 19.2 Å². The van der Waals surface area contributed by atoms with Crippen molar-refractivity contribution < 1.29 is 23.8 Å². The Labute approximate surface area is 160 Å². The molecule has 8 heteroatoms. The van der Waals surface area contributed by atoms with Gasteiger partial charge in [0.25, 0.3) is 5.91 Å². The van der Waals surface area contributed by atoms with Gasteiger partial charge < -0.3 is 15.2 Å². The Kier molecular flexibility index (Phi) is 5.69. The topological polar surface area (TPSA) is 104 Å². The van der Waals surface area contributed by atoms with E-state index < -0.39 is 23.7 Å². The molecule has 1 aromatic heterocycles. The Morgan fingerprint density at radius 2 is 1.96 bits per heavy atom. The second-order valence-electron chi connectivity index (χ2n) is 6.07. The first-order valence-electron chi connectivity index (χ1n) is 8.45. The van der Waals surface area contributed by atoms with Crippen molar-refractivity contribution in [2.45, 2.75) is 12.5 Å². The number of aromatic hydroxyl groups is 1. The lowest BCUT2D eigenvalue weighted by atomic mass is 10.1. The average molecular weight is 383 g/mol. The molecule has 3 N–H and O–H groups in total. The summed E-state index contributed by atoms with van der Waals surface area (Å²) < 4.78 is 18.2. The number of H-pyrrole nitrogens is 1. The molecule has 0 bridgehead atoms. The maximum atomic E-state index is 13.4. The number of halogens is 1. The van der Waals surface area contributed by atoms with E-state index in [4.69, 9.17) is 4.74 Å². The molecule has 0 aliphatic carbocycles. The van der Waals surface area contributed by atoms with Gasteiger partial charge in [-0.15, -0.1) is 0 Å². The van der Waals surface area contributed by atoms with Crippen LogP contribution in [0.25, 0.3) is 11.3 Å². The van der Waals surface area contributed by atoms with Crippen molar-refractivity contribution in [1.29, 1.82) is 0 Å². The molecule has 2 aromatic carbocycles. The minimum absolute atomic E-state index is 0.0561. The van der Waals surface area contributed by atoms with Gasteiger partial charge in [-0.2, -0.15) is 5.10 Å². The highest BCUT2D eigenvalue weighted by atomic mass is 19.1. The van der Waals surface area contributed by atoms with E-state index in [0.717, 1.165) is 17.7 Å². The first kappa shape index (κ1) is 19.1. The average Bonchev–Trinajstić information content (AvgIpc) is 3.19. The lowest BCUT2D eigenvalue weighted by Crippen LogP contribution is -2.43. The fourth-order valence-electron chi connectivity index (χ4n) is 2.71. The van der Waals surface area contributed by atoms with E-state index in [1.807, 2.05) is 30.3 Å². The van der Waals surface area contributed by atoms with Crippen LogP contribution in [0.1, 0.15) is 16.1 Å². The van der Waals surface area contributed by atoms with Gasteiger partial charge in [0.2, 0.25) is 0 Å². The highest BCUT2D eigenvalue weighted by Crippen LogP contribution is 2.28. The summed E-state index contributed by atoms with van der Waals surface area (Å²) in [5, 5.41) is 18.9. The fraction of sp³-hybridized carbons (Fsp3) is 0.150. The van der Waals surface area contributed by atoms with Crippen LogP contribution in [0.15, 0.2) is 54.6 Å². The quantitative estimate of drug-likeness (QED) is 0.567. The molecule has 1 heterocycles. The summed E-state index contributed by atoms with van der Waals surface area (Å²) in [7, 11) is 1.24. The van der Waals surface area contributed by atoms with E-state index in [9.17, 15) is 19.1 Å². The van der Waals surface area contributed by atoms with E-state index >= 15 is 0 Å². The van der Waals surface area contributed by atoms with Crippen molar-refractivity contribution in [3.05, 3.63) is 71.7 Å². The van der Waals surface area contributed by atoms with Crippen molar-refractivity contribution in [1.82, 2.24) is 15.5 Å². The molecule has 0 saturated carbocycles. The van der Waals surface area contributed by atoms with Crippen molar-refractivity contribution in [2.75, 3.05) is 7.11 Å². The molecule has 144 valence electrons. The van der Waals surface area contributed by atoms with Crippen LogP contribution in [-0.4, -0.2) is 40.3 Å². The number of amides is 1. The highest BCUT2D eigenvalue weighted by Gasteiger charge is 2.24. The van der Waals surface area contributed by atoms with Crippen LogP contribution in [0.4, 0.5) is 4.39 Å². The van der Waals surface area contributed by atoms with E-state index in [-0.39, 0.29) is 29.1 Å². The number of carbonyl (C=O) groups is 2. The van der Waals surface area contributed by atoms with Crippen LogP contribution in [0, 0.1) is 5.82 Å². The number of benzene rings is 2. The second kappa shape index (κ2) is 8.34. The van der Waals surface area contributed by atoms with Crippen LogP contribution in [-0.2, 0) is 16.0 Å². The number of hydrogen-bond acceptors (Lipinski definition) is 5. The Morgan fingerprint density at radius 1 is 1.21 bits per heavy atom. The molecule has 1 amide bonds. The molecular formula is C20H18FN3O4. The van der Waals surface area contributed by atoms with Crippen LogP contribution in [0.3, 0.4) is 0 Å². The minimum Gasteiger partial charge on any atom is -0.507 e. The Morgan fingerprint density at radius 3 is 2.68 bits per heavy atom. The molecule has 0 fully saturated rings. The number of aromatic nitrogens is 2. The Bertz CT molecular complexity index is 988. The molecule has 28 heavy (non-hydrogen) atoms. The number of rotatable bonds is 6. The van der Waals surface area contributed by atoms with Crippen molar-refractivity contribution in [3.8, 4) is 17.0 Å². The van der Waals surface area contributed by atoms with Crippen molar-refractivity contribution >= 4 is 11.9 Å². The van der Waals surface area contributed by atoms with Gasteiger partial charge in [-0.05, 0) is 29.8 Å². The van der Waals surface area contributed by atoms with Gasteiger partial charge in [-0.1, -0.05) is 30.3 Å². The maximum Gasteiger partial charge on any atom is 0.328 e. The van der Waals surface area contributed by atoms with Crippen LogP contribution in [0.5, 0.6) is 5.75 Å². The van der Waals surface area contributed by atoms with Gasteiger partial charge in [-0.25, -0.2) is 9.18 Å². The smallest absolute Gasteiger partial charge is 0.328 e. The van der Waals surface area contributed by atoms with Crippen LogP contribution >= 0.6 is 0 Å². The normalized spacial score (nSPS) is 11.6. The second-order valence-corrected chi connectivity index (χ2v) is 6.07. The zero-order chi connectivity index (χ0) is 20.1. The summed E-state index contributed by atoms with van der Waals surface area (Å²) in [6.07, 6.45) is 0.255. The number of aromatic amines is 1. The molecule has 3 rings (SSSR count). The van der Waals surface area contributed by atoms with Crippen LogP contribution in [0.2, 0.25) is 0 Å². The molecule has 7 nitrogen and oxygen atoms in total. The standard InChI is InChI=1S/C20H18FN3O4/c1-28-20(27)17(9-12-5-3-2-4-6-12)22-19(26)16-11-15(23-24-16)14-10-13(21)7-8-18(14)25/h2-8,10-11,17,25H,9H2,1H3,(H,22,26)(H,23,24). The molecule has 3 aromatic rings. The molecule has 0 spiro atoms. The van der Waals surface area contributed by atoms with Crippen molar-refractivity contribution in [3.63, 3.8) is 0 Å². The maximum absolute atomic E-state index is 13.4. The summed E-state index contributed by atoms with van der Waals surface area (Å²) in [4.78, 5) is 24.6. The summed E-state index contributed by atoms with van der Waals surface area (Å²) in [5.41, 5.74) is 1.25. The number of carbonyl (C=O) groups excluding carboxylic acids is 2. The van der Waals surface area contributed by atoms with Gasteiger partial charge in [0.1, 0.15) is 23.3 Å². The number of phenolic OH excluding ortho intramolecular Hbond substituents is 1. The SMILES string of the molecule is COC(=O)C(Cc1ccccc1)NC(=O)c1cc(-c2cc(F)ccc2O)n[nH]1. The molecule has 1 atom stereocenters. The zero-order valence-corrected chi connectivity index (χ0v) is 15.0. The molecular weight excluding hydrogens is 365 g/mol. The molecule has 0 aliphatic rings. The summed E-state index contributed by atoms with van der Waals surface area (Å²) in [6.45, 7) is 0. The first-order valence-corrected chi connectivity index (χ1v) is 8.45. The Balaban J connectivity index is 1.78. The predicted molar refractivity (Wildman–Crippen MR) is 99.1 cm³/mol. The van der Waals surface area contributed by atoms with Gasteiger partial charge >= 0.3 is 5.97 Å². The van der Waals surface area contributed by atoms with E-state index in [0.29, 0.717) is 0 Å². The fourth-order valence-corrected chi connectivity index (χ4v) is 2.71. The third kappa shape index (κ3) is 4.35. The number of esters is 1. The first-order chi connectivity index (χ1) is 13.5. The third-order valence-corrected chi connectivity index (χ3v) is 4.13. The van der Waals surface area contributed by atoms with Gasteiger partial charge in [0.05, 0.1) is 12.8 Å². The molecule has 0 radical (unpaired) electrons. The highest BCUT2D eigenvalue weighted by molar-refractivity contribution is 5.96. The number of hydrogen-bond donors (Lipinski definition) is 3. The van der Waals surface area contributed by atoms with Gasteiger partial charge in [0.15, 0.2) is 0 Å². The molecule has 0 aliphatic heterocycles.